The van der Waals surface area contributed by atoms with Crippen LogP contribution in [-0.2, 0) is 0 Å². The fourth-order valence-electron chi connectivity index (χ4n) is 2.35. The molecule has 0 saturated carbocycles. The average molecular weight is 232 g/mol. The summed E-state index contributed by atoms with van der Waals surface area (Å²) < 4.78 is 0. The number of hydrogen-bond donors (Lipinski definition) is 0. The molecule has 2 heteroatoms. The van der Waals surface area contributed by atoms with Crippen molar-refractivity contribution in [2.45, 2.75) is 33.6 Å². The van der Waals surface area contributed by atoms with Crippen LogP contribution in [0.5, 0.6) is 0 Å². The Morgan fingerprint density at radius 2 is 1.82 bits per heavy atom. The van der Waals surface area contributed by atoms with Crippen LogP contribution < -0.4 is 0 Å². The quantitative estimate of drug-likeness (QED) is 0.673. The van der Waals surface area contributed by atoms with Gasteiger partial charge in [0.15, 0.2) is 0 Å². The summed E-state index contributed by atoms with van der Waals surface area (Å²) in [7, 11) is 0. The molecule has 0 spiro atoms. The third kappa shape index (κ3) is 3.88. The second-order valence-corrected chi connectivity index (χ2v) is 4.91. The van der Waals surface area contributed by atoms with Crippen molar-refractivity contribution in [2.75, 3.05) is 13.1 Å². The van der Waals surface area contributed by atoms with Gasteiger partial charge in [-0.1, -0.05) is 18.7 Å². The Labute approximate surface area is 105 Å². The highest BCUT2D eigenvalue weighted by molar-refractivity contribution is 5.80. The minimum absolute atomic E-state index is 0.638. The molecule has 94 valence electrons. The first kappa shape index (κ1) is 13.8. The Morgan fingerprint density at radius 1 is 1.24 bits per heavy atom. The molecule has 0 unspecified atom stereocenters. The first-order valence-corrected chi connectivity index (χ1v) is 6.28. The van der Waals surface area contributed by atoms with Crippen molar-refractivity contribution < 1.29 is 0 Å². The molecule has 0 amide bonds. The standard InChI is InChI=1S/C15H24N2/c1-6-16-11-15(12(2)3)14-7-9-17(10-8-14)13(4)5/h6,11,14H,1,4,7-10H2,2-3,5H3. The molecule has 0 aliphatic carbocycles. The molecular formula is C15H24N2. The zero-order chi connectivity index (χ0) is 12.8. The SMILES string of the molecule is C=CN=CC(=C(C)C)C1CCN(C(=C)C)CC1. The van der Waals surface area contributed by atoms with Gasteiger partial charge in [0, 0.05) is 31.2 Å². The van der Waals surface area contributed by atoms with Crippen LogP contribution in [0.3, 0.4) is 0 Å². The largest absolute Gasteiger partial charge is 0.375 e. The van der Waals surface area contributed by atoms with Gasteiger partial charge in [-0.2, -0.15) is 0 Å². The van der Waals surface area contributed by atoms with Crippen LogP contribution in [0, 0.1) is 5.92 Å². The lowest BCUT2D eigenvalue weighted by Crippen LogP contribution is -2.33. The smallest absolute Gasteiger partial charge is 0.0301 e. The minimum atomic E-state index is 0.638. The number of allylic oxidation sites excluding steroid dienone is 3. The van der Waals surface area contributed by atoms with Crippen molar-refractivity contribution in [3.63, 3.8) is 0 Å². The van der Waals surface area contributed by atoms with Gasteiger partial charge in [-0.05, 0) is 45.1 Å². The summed E-state index contributed by atoms with van der Waals surface area (Å²) in [5, 5.41) is 0. The molecule has 1 saturated heterocycles. The first-order chi connectivity index (χ1) is 8.06. The lowest BCUT2D eigenvalue weighted by molar-refractivity contribution is 0.249. The van der Waals surface area contributed by atoms with Crippen molar-refractivity contribution in [1.29, 1.82) is 0 Å². The average Bonchev–Trinajstić information content (AvgIpc) is 2.29. The Balaban J connectivity index is 2.68. The van der Waals surface area contributed by atoms with Crippen molar-refractivity contribution in [1.82, 2.24) is 4.90 Å². The zero-order valence-corrected chi connectivity index (χ0v) is 11.4. The van der Waals surface area contributed by atoms with Crippen molar-refractivity contribution in [3.8, 4) is 0 Å². The van der Waals surface area contributed by atoms with Crippen LogP contribution in [0.4, 0.5) is 0 Å². The van der Waals surface area contributed by atoms with Gasteiger partial charge in [-0.15, -0.1) is 0 Å². The molecule has 0 bridgehead atoms. The molecule has 0 N–H and O–H groups in total. The summed E-state index contributed by atoms with van der Waals surface area (Å²) in [4.78, 5) is 6.54. The highest BCUT2D eigenvalue weighted by Crippen LogP contribution is 2.27. The summed E-state index contributed by atoms with van der Waals surface area (Å²) in [5.74, 6) is 0.638. The Hall–Kier alpha value is -1.31. The minimum Gasteiger partial charge on any atom is -0.375 e. The summed E-state index contributed by atoms with van der Waals surface area (Å²) in [6.07, 6.45) is 5.96. The van der Waals surface area contributed by atoms with Gasteiger partial charge >= 0.3 is 0 Å². The molecule has 0 aromatic heterocycles. The number of rotatable bonds is 4. The molecule has 1 aliphatic heterocycles. The van der Waals surface area contributed by atoms with Crippen molar-refractivity contribution in [3.05, 3.63) is 36.2 Å². The maximum atomic E-state index is 4.17. The monoisotopic (exact) mass is 232 g/mol. The third-order valence-electron chi connectivity index (χ3n) is 3.37. The highest BCUT2D eigenvalue weighted by Gasteiger charge is 2.21. The van der Waals surface area contributed by atoms with Gasteiger partial charge in [-0.3, -0.25) is 4.99 Å². The van der Waals surface area contributed by atoms with Gasteiger partial charge in [-0.25, -0.2) is 0 Å². The van der Waals surface area contributed by atoms with E-state index in [9.17, 15) is 0 Å². The molecule has 0 radical (unpaired) electrons. The molecule has 0 aromatic carbocycles. The molecule has 1 rings (SSSR count). The summed E-state index contributed by atoms with van der Waals surface area (Å²) in [6.45, 7) is 16.3. The molecular weight excluding hydrogens is 208 g/mol. The maximum Gasteiger partial charge on any atom is 0.0301 e. The van der Waals surface area contributed by atoms with E-state index in [-0.39, 0.29) is 0 Å². The molecule has 0 aromatic rings. The zero-order valence-electron chi connectivity index (χ0n) is 11.4. The van der Waals surface area contributed by atoms with E-state index in [1.165, 1.54) is 29.7 Å². The number of piperidine rings is 1. The van der Waals surface area contributed by atoms with Crippen molar-refractivity contribution >= 4 is 6.21 Å². The van der Waals surface area contributed by atoms with Gasteiger partial charge in [0.25, 0.3) is 0 Å². The Morgan fingerprint density at radius 3 is 2.24 bits per heavy atom. The van der Waals surface area contributed by atoms with Gasteiger partial charge < -0.3 is 4.90 Å². The fraction of sp³-hybridized carbons (Fsp3) is 0.533. The number of nitrogens with zero attached hydrogens (tertiary/aromatic N) is 2. The van der Waals surface area contributed by atoms with Crippen LogP contribution in [-0.4, -0.2) is 24.2 Å². The van der Waals surface area contributed by atoms with Gasteiger partial charge in [0.05, 0.1) is 0 Å². The topological polar surface area (TPSA) is 15.6 Å². The van der Waals surface area contributed by atoms with E-state index in [0.29, 0.717) is 5.92 Å². The van der Waals surface area contributed by atoms with E-state index >= 15 is 0 Å². The maximum absolute atomic E-state index is 4.17. The van der Waals surface area contributed by atoms with Crippen LogP contribution in [0.1, 0.15) is 33.6 Å². The molecule has 1 heterocycles. The summed E-state index contributed by atoms with van der Waals surface area (Å²) in [5.41, 5.74) is 3.93. The summed E-state index contributed by atoms with van der Waals surface area (Å²) >= 11 is 0. The normalized spacial score (nSPS) is 17.2. The first-order valence-electron chi connectivity index (χ1n) is 6.28. The van der Waals surface area contributed by atoms with Crippen molar-refractivity contribution in [2.24, 2.45) is 10.9 Å². The van der Waals surface area contributed by atoms with E-state index in [0.717, 1.165) is 13.1 Å². The molecule has 0 atom stereocenters. The second-order valence-electron chi connectivity index (χ2n) is 4.91. The van der Waals surface area contributed by atoms with E-state index in [2.05, 4.69) is 43.8 Å². The lowest BCUT2D eigenvalue weighted by Gasteiger charge is -2.34. The molecule has 1 aliphatic rings. The predicted octanol–water partition coefficient (Wildman–Crippen LogP) is 3.78. The molecule has 1 fully saturated rings. The highest BCUT2D eigenvalue weighted by atomic mass is 15.1. The Bertz CT molecular complexity index is 338. The van der Waals surface area contributed by atoms with E-state index in [1.54, 1.807) is 6.20 Å². The van der Waals surface area contributed by atoms with Crippen LogP contribution in [0.25, 0.3) is 0 Å². The van der Waals surface area contributed by atoms with Crippen LogP contribution >= 0.6 is 0 Å². The number of aliphatic imine (C=N–C) groups is 1. The fourth-order valence-corrected chi connectivity index (χ4v) is 2.35. The number of hydrogen-bond acceptors (Lipinski definition) is 2. The molecule has 17 heavy (non-hydrogen) atoms. The van der Waals surface area contributed by atoms with Crippen LogP contribution in [0.15, 0.2) is 41.2 Å². The number of likely N-dealkylation sites (tertiary alicyclic amines) is 1. The van der Waals surface area contributed by atoms with E-state index in [4.69, 9.17) is 0 Å². The van der Waals surface area contributed by atoms with Crippen LogP contribution in [0.2, 0.25) is 0 Å². The van der Waals surface area contributed by atoms with E-state index in [1.807, 2.05) is 6.21 Å². The van der Waals surface area contributed by atoms with Gasteiger partial charge in [0.1, 0.15) is 0 Å². The second kappa shape index (κ2) is 6.43. The predicted molar refractivity (Wildman–Crippen MR) is 76.2 cm³/mol. The summed E-state index contributed by atoms with van der Waals surface area (Å²) in [6, 6.07) is 0. The van der Waals surface area contributed by atoms with Gasteiger partial charge in [0.2, 0.25) is 0 Å². The lowest BCUT2D eigenvalue weighted by atomic mass is 9.87. The third-order valence-corrected chi connectivity index (χ3v) is 3.37. The van der Waals surface area contributed by atoms with E-state index < -0.39 is 0 Å². The Kier molecular flexibility index (Phi) is 5.20. The molecule has 2 nitrogen and oxygen atoms in total.